The molecule has 0 radical (unpaired) electrons. The van der Waals surface area contributed by atoms with Gasteiger partial charge < -0.3 is 8.98 Å². The maximum Gasteiger partial charge on any atom is 0.238 e. The van der Waals surface area contributed by atoms with Crippen LogP contribution >= 0.6 is 0 Å². The first-order valence-corrected chi connectivity index (χ1v) is 18.4. The fourth-order valence-electron chi connectivity index (χ4n) is 8.52. The van der Waals surface area contributed by atoms with Crippen molar-refractivity contribution in [2.75, 3.05) is 0 Å². The number of nitrogens with zero attached hydrogens (tertiary/aromatic N) is 5. The first-order valence-electron chi connectivity index (χ1n) is 18.4. The molecular formula is C49H29N5O. The van der Waals surface area contributed by atoms with Crippen LogP contribution in [0.5, 0.6) is 0 Å². The number of hydrogen-bond donors (Lipinski definition) is 0. The molecule has 0 aliphatic carbocycles. The third-order valence-electron chi connectivity index (χ3n) is 10.9. The van der Waals surface area contributed by atoms with Crippen LogP contribution in [-0.4, -0.2) is 24.1 Å². The summed E-state index contributed by atoms with van der Waals surface area (Å²) in [4.78, 5) is 15.9. The Balaban J connectivity index is 1.21. The second kappa shape index (κ2) is 11.5. The zero-order valence-corrected chi connectivity index (χ0v) is 29.4. The summed E-state index contributed by atoms with van der Waals surface area (Å²) >= 11 is 0. The highest BCUT2D eigenvalue weighted by Crippen LogP contribution is 2.41. The molecule has 4 heterocycles. The molecule has 0 N–H and O–H groups in total. The number of fused-ring (bicyclic) bond motifs is 10. The SMILES string of the molecule is c1ccc(-c2nc(-c3cc(-n4c5ccccc5c5cc6ccccc6cc54)cc4oc5ccccc5c34)nc(-n3c4ccccc4c4ccccc43)n2)cc1. The molecule has 0 saturated heterocycles. The highest BCUT2D eigenvalue weighted by atomic mass is 16.3. The lowest BCUT2D eigenvalue weighted by atomic mass is 10.0. The molecule has 6 heteroatoms. The number of hydrogen-bond acceptors (Lipinski definition) is 4. The van der Waals surface area contributed by atoms with E-state index >= 15 is 0 Å². The van der Waals surface area contributed by atoms with Gasteiger partial charge in [-0.05, 0) is 53.2 Å². The van der Waals surface area contributed by atoms with Crippen LogP contribution in [0.3, 0.4) is 0 Å². The van der Waals surface area contributed by atoms with Gasteiger partial charge in [-0.2, -0.15) is 9.97 Å². The van der Waals surface area contributed by atoms with Crippen LogP contribution in [-0.2, 0) is 0 Å². The molecule has 0 aliphatic heterocycles. The molecule has 0 atom stereocenters. The van der Waals surface area contributed by atoms with Crippen molar-refractivity contribution in [1.82, 2.24) is 24.1 Å². The van der Waals surface area contributed by atoms with Crippen LogP contribution in [0.25, 0.3) is 111 Å². The van der Waals surface area contributed by atoms with Crippen molar-refractivity contribution < 1.29 is 4.42 Å². The minimum atomic E-state index is 0.552. The summed E-state index contributed by atoms with van der Waals surface area (Å²) in [6.07, 6.45) is 0. The third kappa shape index (κ3) is 4.46. The Bertz CT molecular complexity index is 3450. The molecule has 8 aromatic carbocycles. The van der Waals surface area contributed by atoms with Crippen LogP contribution in [0.15, 0.2) is 180 Å². The van der Waals surface area contributed by atoms with E-state index < -0.39 is 0 Å². The zero-order valence-electron chi connectivity index (χ0n) is 29.4. The molecule has 0 unspecified atom stereocenters. The molecule has 4 aromatic heterocycles. The van der Waals surface area contributed by atoms with Crippen molar-refractivity contribution in [2.24, 2.45) is 0 Å². The fraction of sp³-hybridized carbons (Fsp3) is 0. The lowest BCUT2D eigenvalue weighted by molar-refractivity contribution is 0.668. The summed E-state index contributed by atoms with van der Waals surface area (Å²) in [7, 11) is 0. The van der Waals surface area contributed by atoms with Gasteiger partial charge in [0.1, 0.15) is 11.2 Å². The van der Waals surface area contributed by atoms with E-state index in [9.17, 15) is 0 Å². The summed E-state index contributed by atoms with van der Waals surface area (Å²) in [5.74, 6) is 1.71. The highest BCUT2D eigenvalue weighted by Gasteiger charge is 2.23. The van der Waals surface area contributed by atoms with Gasteiger partial charge in [0.25, 0.3) is 0 Å². The molecule has 0 saturated carbocycles. The lowest BCUT2D eigenvalue weighted by Crippen LogP contribution is -2.07. The first-order chi connectivity index (χ1) is 27.3. The second-order valence-electron chi connectivity index (χ2n) is 14.1. The van der Waals surface area contributed by atoms with Crippen molar-refractivity contribution in [3.8, 4) is 34.4 Å². The first kappa shape index (κ1) is 29.9. The summed E-state index contributed by atoms with van der Waals surface area (Å²) in [5, 5.41) is 9.04. The van der Waals surface area contributed by atoms with Gasteiger partial charge in [-0.15, -0.1) is 0 Å². The number of para-hydroxylation sites is 4. The Kier molecular flexibility index (Phi) is 6.24. The molecule has 0 fully saturated rings. The number of rotatable bonds is 4. The molecule has 0 amide bonds. The number of aromatic nitrogens is 5. The maximum atomic E-state index is 6.69. The number of benzene rings is 8. The van der Waals surface area contributed by atoms with Crippen molar-refractivity contribution >= 4 is 76.3 Å². The van der Waals surface area contributed by atoms with E-state index in [-0.39, 0.29) is 0 Å². The largest absolute Gasteiger partial charge is 0.456 e. The summed E-state index contributed by atoms with van der Waals surface area (Å²) in [5.41, 5.74) is 8.61. The standard InChI is InChI=1S/C49H29N5O/c1-2-14-30(15-3-1)47-50-48(52-49(51-47)54-41-23-11-6-18-34(41)35-19-7-12-24-42(35)54)39-28-33(29-45-46(39)37-21-9-13-25-44(37)55-45)53-40-22-10-8-20-36(40)38-26-31-16-4-5-17-32(31)27-43(38)53/h1-29H. The minimum absolute atomic E-state index is 0.552. The van der Waals surface area contributed by atoms with Crippen molar-refractivity contribution in [2.45, 2.75) is 0 Å². The fourth-order valence-corrected chi connectivity index (χ4v) is 8.52. The molecule has 0 bridgehead atoms. The van der Waals surface area contributed by atoms with Gasteiger partial charge in [-0.3, -0.25) is 4.57 Å². The molecule has 0 aliphatic rings. The van der Waals surface area contributed by atoms with Crippen molar-refractivity contribution in [1.29, 1.82) is 0 Å². The van der Waals surface area contributed by atoms with E-state index in [4.69, 9.17) is 19.4 Å². The smallest absolute Gasteiger partial charge is 0.238 e. The zero-order chi connectivity index (χ0) is 36.0. The summed E-state index contributed by atoms with van der Waals surface area (Å²) in [6, 6.07) is 61.4. The molecule has 55 heavy (non-hydrogen) atoms. The van der Waals surface area contributed by atoms with E-state index in [1.807, 2.05) is 30.3 Å². The van der Waals surface area contributed by atoms with Gasteiger partial charge in [0.15, 0.2) is 11.6 Å². The van der Waals surface area contributed by atoms with E-state index in [1.165, 1.54) is 21.5 Å². The van der Waals surface area contributed by atoms with Gasteiger partial charge in [-0.25, -0.2) is 4.98 Å². The predicted octanol–water partition coefficient (Wildman–Crippen LogP) is 12.5. The van der Waals surface area contributed by atoms with Crippen molar-refractivity contribution in [3.05, 3.63) is 176 Å². The van der Waals surface area contributed by atoms with Crippen LogP contribution in [0, 0.1) is 0 Å². The average molecular weight is 704 g/mol. The van der Waals surface area contributed by atoms with E-state index in [2.05, 4.69) is 155 Å². The Labute approximate surface area is 314 Å². The van der Waals surface area contributed by atoms with E-state index in [0.717, 1.165) is 71.6 Å². The van der Waals surface area contributed by atoms with Crippen molar-refractivity contribution in [3.63, 3.8) is 0 Å². The average Bonchev–Trinajstić information content (AvgIpc) is 3.90. The van der Waals surface area contributed by atoms with Gasteiger partial charge in [0.05, 0.1) is 27.8 Å². The van der Waals surface area contributed by atoms with Gasteiger partial charge >= 0.3 is 0 Å². The normalized spacial score (nSPS) is 12.0. The molecule has 12 aromatic rings. The predicted molar refractivity (Wildman–Crippen MR) is 224 cm³/mol. The minimum Gasteiger partial charge on any atom is -0.456 e. The Morgan fingerprint density at radius 3 is 1.67 bits per heavy atom. The maximum absolute atomic E-state index is 6.69. The third-order valence-corrected chi connectivity index (χ3v) is 10.9. The van der Waals surface area contributed by atoms with Crippen LogP contribution in [0.4, 0.5) is 0 Å². The topological polar surface area (TPSA) is 61.7 Å². The lowest BCUT2D eigenvalue weighted by Gasteiger charge is -2.14. The molecular weight excluding hydrogens is 675 g/mol. The number of furan rings is 1. The Morgan fingerprint density at radius 1 is 0.382 bits per heavy atom. The second-order valence-corrected chi connectivity index (χ2v) is 14.1. The molecule has 12 rings (SSSR count). The molecule has 6 nitrogen and oxygen atoms in total. The highest BCUT2D eigenvalue weighted by molar-refractivity contribution is 6.16. The Morgan fingerprint density at radius 2 is 0.945 bits per heavy atom. The van der Waals surface area contributed by atoms with E-state index in [0.29, 0.717) is 17.6 Å². The molecule has 0 spiro atoms. The van der Waals surface area contributed by atoms with Crippen LogP contribution in [0.2, 0.25) is 0 Å². The summed E-state index contributed by atoms with van der Waals surface area (Å²) in [6.45, 7) is 0. The van der Waals surface area contributed by atoms with Gasteiger partial charge in [-0.1, -0.05) is 127 Å². The quantitative estimate of drug-likeness (QED) is 0.183. The van der Waals surface area contributed by atoms with Crippen LogP contribution in [0.1, 0.15) is 0 Å². The molecule has 256 valence electrons. The summed E-state index contributed by atoms with van der Waals surface area (Å²) < 4.78 is 11.2. The van der Waals surface area contributed by atoms with E-state index in [1.54, 1.807) is 0 Å². The Hall–Kier alpha value is -7.57. The van der Waals surface area contributed by atoms with Gasteiger partial charge in [0, 0.05) is 49.5 Å². The van der Waals surface area contributed by atoms with Gasteiger partial charge in [0.2, 0.25) is 5.95 Å². The van der Waals surface area contributed by atoms with Crippen LogP contribution < -0.4 is 0 Å². The monoisotopic (exact) mass is 703 g/mol.